The smallest absolute Gasteiger partial charge is 0.329 e. The lowest BCUT2D eigenvalue weighted by atomic mass is 9.94. The normalized spacial score (nSPS) is 21.2. The van der Waals surface area contributed by atoms with Gasteiger partial charge in [0.15, 0.2) is 0 Å². The first-order valence-corrected chi connectivity index (χ1v) is 16.3. The van der Waals surface area contributed by atoms with E-state index >= 15 is 0 Å². The SMILES string of the molecule is C[C@H]1CCc2cc(CCCCCCc3ccc4c(c3)n(C)c(=O)n4C3CCC(=O)NC3=O)cc3c2N(C1=O)[C@H](C(=O)N(C)C)C3. The molecule has 0 spiro atoms. The second kappa shape index (κ2) is 12.3. The number of amides is 4. The number of hydrogen-bond acceptors (Lipinski definition) is 5. The summed E-state index contributed by atoms with van der Waals surface area (Å²) in [6.45, 7) is 1.97. The number of fused-ring (bicyclic) bond motifs is 1. The number of carbonyl (C=O) groups is 4. The molecule has 3 atom stereocenters. The summed E-state index contributed by atoms with van der Waals surface area (Å²) in [4.78, 5) is 66.8. The third kappa shape index (κ3) is 5.71. The van der Waals surface area contributed by atoms with Gasteiger partial charge < -0.3 is 4.90 Å². The van der Waals surface area contributed by atoms with Crippen molar-refractivity contribution < 1.29 is 19.2 Å². The summed E-state index contributed by atoms with van der Waals surface area (Å²) in [6, 6.07) is 9.36. The fourth-order valence-corrected chi connectivity index (χ4v) is 7.39. The molecule has 1 unspecified atom stereocenters. The van der Waals surface area contributed by atoms with Crippen molar-refractivity contribution in [1.29, 1.82) is 0 Å². The van der Waals surface area contributed by atoms with E-state index < -0.39 is 18.0 Å². The molecule has 3 aliphatic heterocycles. The monoisotopic (exact) mass is 613 g/mol. The van der Waals surface area contributed by atoms with Gasteiger partial charge in [0.2, 0.25) is 23.6 Å². The highest BCUT2D eigenvalue weighted by molar-refractivity contribution is 6.05. The quantitative estimate of drug-likeness (QED) is 0.293. The maximum atomic E-state index is 13.3. The molecule has 4 heterocycles. The Kier molecular flexibility index (Phi) is 8.41. The Balaban J connectivity index is 1.06. The molecule has 0 saturated carbocycles. The Bertz CT molecular complexity index is 1750. The number of anilines is 1. The molecule has 0 bridgehead atoms. The zero-order valence-electron chi connectivity index (χ0n) is 26.7. The summed E-state index contributed by atoms with van der Waals surface area (Å²) in [5, 5.41) is 2.36. The third-order valence-corrected chi connectivity index (χ3v) is 9.88. The van der Waals surface area contributed by atoms with E-state index in [0.29, 0.717) is 18.4 Å². The van der Waals surface area contributed by atoms with Crippen LogP contribution in [0, 0.1) is 5.92 Å². The lowest BCUT2D eigenvalue weighted by molar-refractivity contribution is -0.135. The van der Waals surface area contributed by atoms with E-state index in [1.807, 2.05) is 25.1 Å². The molecule has 0 radical (unpaired) electrons. The van der Waals surface area contributed by atoms with Crippen LogP contribution in [0.2, 0.25) is 0 Å². The zero-order chi connectivity index (χ0) is 32.0. The largest absolute Gasteiger partial charge is 0.347 e. The molecule has 3 aliphatic rings. The summed E-state index contributed by atoms with van der Waals surface area (Å²) in [7, 11) is 5.23. The fourth-order valence-electron chi connectivity index (χ4n) is 7.39. The van der Waals surface area contributed by atoms with Crippen LogP contribution < -0.4 is 15.9 Å². The number of imide groups is 1. The van der Waals surface area contributed by atoms with Crippen molar-refractivity contribution in [2.75, 3.05) is 19.0 Å². The Labute approximate surface area is 263 Å². The maximum absolute atomic E-state index is 13.3. The zero-order valence-corrected chi connectivity index (χ0v) is 26.7. The molecule has 10 nitrogen and oxygen atoms in total. The van der Waals surface area contributed by atoms with E-state index in [1.165, 1.54) is 15.7 Å². The minimum atomic E-state index is -0.675. The predicted octanol–water partition coefficient (Wildman–Crippen LogP) is 3.59. The van der Waals surface area contributed by atoms with Crippen molar-refractivity contribution in [3.63, 3.8) is 0 Å². The van der Waals surface area contributed by atoms with E-state index in [1.54, 1.807) is 35.5 Å². The number of carbonyl (C=O) groups excluding carboxylic acids is 4. The third-order valence-electron chi connectivity index (χ3n) is 9.88. The molecule has 1 fully saturated rings. The van der Waals surface area contributed by atoms with Gasteiger partial charge in [-0.2, -0.15) is 0 Å². The first-order valence-electron chi connectivity index (χ1n) is 16.3. The summed E-state index contributed by atoms with van der Waals surface area (Å²) in [6.07, 6.45) is 8.95. The molecule has 0 aliphatic carbocycles. The van der Waals surface area contributed by atoms with Crippen molar-refractivity contribution in [2.24, 2.45) is 13.0 Å². The van der Waals surface area contributed by atoms with Crippen LogP contribution in [0.15, 0.2) is 35.1 Å². The summed E-state index contributed by atoms with van der Waals surface area (Å²) in [5.74, 6) is -0.771. The van der Waals surface area contributed by atoms with Gasteiger partial charge in [0.1, 0.15) is 12.1 Å². The number of hydrogen-bond donors (Lipinski definition) is 1. The Morgan fingerprint density at radius 2 is 1.60 bits per heavy atom. The molecular formula is C35H43N5O5. The van der Waals surface area contributed by atoms with Crippen LogP contribution >= 0.6 is 0 Å². The van der Waals surface area contributed by atoms with Crippen LogP contribution in [0.3, 0.4) is 0 Å². The second-order valence-electron chi connectivity index (χ2n) is 13.3. The fraction of sp³-hybridized carbons (Fsp3) is 0.514. The molecule has 10 heteroatoms. The number of unbranched alkanes of at least 4 members (excludes halogenated alkanes) is 3. The van der Waals surface area contributed by atoms with Crippen LogP contribution in [0.5, 0.6) is 0 Å². The number of benzene rings is 2. The minimum Gasteiger partial charge on any atom is -0.347 e. The number of likely N-dealkylation sites (N-methyl/N-ethyl adjacent to an activating group) is 1. The average molecular weight is 614 g/mol. The summed E-state index contributed by atoms with van der Waals surface area (Å²) < 4.78 is 3.11. The lowest BCUT2D eigenvalue weighted by Crippen LogP contribution is -2.48. The molecule has 2 aromatic carbocycles. The number of aryl methyl sites for hydroxylation is 4. The van der Waals surface area contributed by atoms with Crippen molar-refractivity contribution in [3.05, 3.63) is 63.1 Å². The number of aromatic nitrogens is 2. The molecule has 6 rings (SSSR count). The van der Waals surface area contributed by atoms with E-state index in [4.69, 9.17) is 0 Å². The molecular weight excluding hydrogens is 570 g/mol. The van der Waals surface area contributed by atoms with Gasteiger partial charge in [0.05, 0.1) is 16.7 Å². The van der Waals surface area contributed by atoms with Crippen molar-refractivity contribution >= 4 is 40.3 Å². The van der Waals surface area contributed by atoms with Gasteiger partial charge >= 0.3 is 5.69 Å². The van der Waals surface area contributed by atoms with E-state index in [9.17, 15) is 24.0 Å². The van der Waals surface area contributed by atoms with Gasteiger partial charge in [-0.15, -0.1) is 0 Å². The molecule has 4 amide bonds. The van der Waals surface area contributed by atoms with E-state index in [0.717, 1.165) is 73.7 Å². The van der Waals surface area contributed by atoms with Gasteiger partial charge in [-0.25, -0.2) is 4.79 Å². The molecule has 3 aromatic rings. The molecule has 238 valence electrons. The average Bonchev–Trinajstić information content (AvgIpc) is 3.47. The lowest BCUT2D eigenvalue weighted by Gasteiger charge is -2.28. The molecule has 1 N–H and O–H groups in total. The van der Waals surface area contributed by atoms with Crippen molar-refractivity contribution in [2.45, 2.75) is 89.6 Å². The van der Waals surface area contributed by atoms with Gasteiger partial charge in [-0.3, -0.25) is 38.5 Å². The summed E-state index contributed by atoms with van der Waals surface area (Å²) in [5.41, 5.74) is 7.01. The molecule has 45 heavy (non-hydrogen) atoms. The van der Waals surface area contributed by atoms with Gasteiger partial charge in [0.25, 0.3) is 0 Å². The second-order valence-corrected chi connectivity index (χ2v) is 13.3. The van der Waals surface area contributed by atoms with Crippen LogP contribution in [0.25, 0.3) is 11.0 Å². The standard InChI is InChI=1S/C35H43N5O5/c1-21-11-13-24-17-23(18-25-20-29(34(44)37(2)3)40(31(24)25)33(21)43)10-8-6-5-7-9-22-12-14-26-28(19-22)38(4)35(45)39(26)27-15-16-30(41)36-32(27)42/h12,14,17-19,21,27,29H,5-11,13,15-16,20H2,1-4H3,(H,36,41,42)/t21-,27?,29-/m0/s1. The highest BCUT2D eigenvalue weighted by Gasteiger charge is 2.43. The van der Waals surface area contributed by atoms with Crippen molar-refractivity contribution in [3.8, 4) is 0 Å². The predicted molar refractivity (Wildman–Crippen MR) is 172 cm³/mol. The minimum absolute atomic E-state index is 0.0191. The van der Waals surface area contributed by atoms with Crippen LogP contribution in [0.1, 0.15) is 80.2 Å². The van der Waals surface area contributed by atoms with Gasteiger partial charge in [-0.05, 0) is 79.3 Å². The van der Waals surface area contributed by atoms with Crippen LogP contribution in [-0.4, -0.2) is 57.8 Å². The van der Waals surface area contributed by atoms with Gasteiger partial charge in [-0.1, -0.05) is 38.0 Å². The van der Waals surface area contributed by atoms with Crippen LogP contribution in [0.4, 0.5) is 5.69 Å². The van der Waals surface area contributed by atoms with Crippen LogP contribution in [-0.2, 0) is 51.9 Å². The molecule has 1 aromatic heterocycles. The first-order chi connectivity index (χ1) is 21.5. The number of rotatable bonds is 9. The maximum Gasteiger partial charge on any atom is 0.329 e. The van der Waals surface area contributed by atoms with E-state index in [2.05, 4.69) is 17.4 Å². The highest BCUT2D eigenvalue weighted by atomic mass is 16.2. The number of imidazole rings is 1. The Morgan fingerprint density at radius 1 is 0.889 bits per heavy atom. The van der Waals surface area contributed by atoms with Crippen molar-refractivity contribution in [1.82, 2.24) is 19.4 Å². The first kappa shape index (κ1) is 30.8. The Hall–Kier alpha value is -4.21. The highest BCUT2D eigenvalue weighted by Crippen LogP contribution is 2.41. The number of piperidine rings is 1. The Morgan fingerprint density at radius 3 is 2.31 bits per heavy atom. The van der Waals surface area contributed by atoms with Gasteiger partial charge in [0, 0.05) is 39.9 Å². The number of nitrogens with zero attached hydrogens (tertiary/aromatic N) is 4. The van der Waals surface area contributed by atoms with E-state index in [-0.39, 0.29) is 35.8 Å². The number of nitrogens with one attached hydrogen (secondary N) is 1. The summed E-state index contributed by atoms with van der Waals surface area (Å²) >= 11 is 0. The molecule has 1 saturated heterocycles. The topological polar surface area (TPSA) is 114 Å².